The predicted molar refractivity (Wildman–Crippen MR) is 132 cm³/mol. The van der Waals surface area contributed by atoms with Crippen LogP contribution in [0.4, 0.5) is 0 Å². The van der Waals surface area contributed by atoms with E-state index in [0.717, 1.165) is 32.6 Å². The van der Waals surface area contributed by atoms with Crippen LogP contribution in [0, 0.1) is 0 Å². The lowest BCUT2D eigenvalue weighted by Crippen LogP contribution is -2.11. The van der Waals surface area contributed by atoms with E-state index < -0.39 is 0 Å². The van der Waals surface area contributed by atoms with Crippen LogP contribution >= 0.6 is 11.3 Å². The maximum Gasteiger partial charge on any atom is 0.205 e. The van der Waals surface area contributed by atoms with Gasteiger partial charge in [0, 0.05) is 30.1 Å². The Morgan fingerprint density at radius 1 is 0.788 bits per heavy atom. The highest BCUT2D eigenvalue weighted by molar-refractivity contribution is 7.07. The monoisotopic (exact) mass is 463 g/mol. The summed E-state index contributed by atoms with van der Waals surface area (Å²) in [5.74, 6) is 2.67. The first-order valence-electron chi connectivity index (χ1n) is 10.2. The molecule has 0 aliphatic rings. The van der Waals surface area contributed by atoms with E-state index in [-0.39, 0.29) is 0 Å². The Morgan fingerprint density at radius 3 is 2.09 bits per heavy atom. The van der Waals surface area contributed by atoms with Crippen molar-refractivity contribution in [1.82, 2.24) is 4.68 Å². The van der Waals surface area contributed by atoms with Gasteiger partial charge in [0.15, 0.2) is 0 Å². The molecule has 0 fully saturated rings. The molecule has 0 aliphatic heterocycles. The summed E-state index contributed by atoms with van der Waals surface area (Å²) in [6.07, 6.45) is 1.72. The number of thiazole rings is 1. The SMILES string of the molecule is CN=c1scc(-c2ccc3cc(OC)ccc3c2)n1N=Cc1c(OC)cc(OC)cc1OC. The third-order valence-electron chi connectivity index (χ3n) is 5.28. The highest BCUT2D eigenvalue weighted by atomic mass is 32.1. The maximum atomic E-state index is 5.55. The quantitative estimate of drug-likeness (QED) is 0.369. The van der Waals surface area contributed by atoms with Gasteiger partial charge in [-0.25, -0.2) is 4.68 Å². The minimum atomic E-state index is 0.599. The molecule has 170 valence electrons. The second kappa shape index (κ2) is 9.79. The average molecular weight is 464 g/mol. The molecule has 1 heterocycles. The molecular weight excluding hydrogens is 438 g/mol. The fourth-order valence-electron chi connectivity index (χ4n) is 3.55. The molecule has 0 N–H and O–H groups in total. The molecule has 0 bridgehead atoms. The highest BCUT2D eigenvalue weighted by Gasteiger charge is 2.13. The van der Waals surface area contributed by atoms with E-state index in [4.69, 9.17) is 24.0 Å². The van der Waals surface area contributed by atoms with Crippen molar-refractivity contribution in [2.24, 2.45) is 10.1 Å². The van der Waals surface area contributed by atoms with Gasteiger partial charge in [-0.05, 0) is 29.0 Å². The van der Waals surface area contributed by atoms with Gasteiger partial charge in [-0.15, -0.1) is 11.3 Å². The Balaban J connectivity index is 1.81. The van der Waals surface area contributed by atoms with E-state index in [9.17, 15) is 0 Å². The molecule has 4 rings (SSSR count). The number of rotatable bonds is 7. The fourth-order valence-corrected chi connectivity index (χ4v) is 4.35. The average Bonchev–Trinajstić information content (AvgIpc) is 3.28. The van der Waals surface area contributed by atoms with Crippen LogP contribution in [0.15, 0.2) is 64.0 Å². The first-order chi connectivity index (χ1) is 16.1. The Bertz CT molecular complexity index is 1360. The molecule has 0 spiro atoms. The normalized spacial score (nSPS) is 11.8. The standard InChI is InChI=1S/C25H25N3O4S/c1-26-25-28(27-14-21-23(31-4)12-20(30-3)13-24(21)32-5)22(15-33-25)18-7-6-17-11-19(29-2)9-8-16(17)10-18/h6-15H,1-5H3. The van der Waals surface area contributed by atoms with Crippen LogP contribution in [0.25, 0.3) is 22.0 Å². The molecule has 33 heavy (non-hydrogen) atoms. The maximum absolute atomic E-state index is 5.55. The summed E-state index contributed by atoms with van der Waals surface area (Å²) in [5.41, 5.74) is 2.67. The van der Waals surface area contributed by atoms with Gasteiger partial charge in [0.1, 0.15) is 23.0 Å². The number of aromatic nitrogens is 1. The van der Waals surface area contributed by atoms with E-state index >= 15 is 0 Å². The van der Waals surface area contributed by atoms with E-state index in [1.54, 1.807) is 53.8 Å². The summed E-state index contributed by atoms with van der Waals surface area (Å²) < 4.78 is 23.6. The third-order valence-corrected chi connectivity index (χ3v) is 6.18. The van der Waals surface area contributed by atoms with Crippen LogP contribution < -0.4 is 23.7 Å². The lowest BCUT2D eigenvalue weighted by Gasteiger charge is -2.12. The molecular formula is C25H25N3O4S. The smallest absolute Gasteiger partial charge is 0.205 e. The summed E-state index contributed by atoms with van der Waals surface area (Å²) in [6.45, 7) is 0. The topological polar surface area (TPSA) is 66.6 Å². The van der Waals surface area contributed by atoms with Gasteiger partial charge in [-0.2, -0.15) is 5.10 Å². The van der Waals surface area contributed by atoms with Gasteiger partial charge in [0.25, 0.3) is 0 Å². The van der Waals surface area contributed by atoms with Crippen molar-refractivity contribution >= 4 is 28.3 Å². The summed E-state index contributed by atoms with van der Waals surface area (Å²) in [7, 11) is 8.23. The summed E-state index contributed by atoms with van der Waals surface area (Å²) >= 11 is 1.52. The van der Waals surface area contributed by atoms with Gasteiger partial charge in [0.05, 0.1) is 45.9 Å². The van der Waals surface area contributed by atoms with Crippen molar-refractivity contribution < 1.29 is 18.9 Å². The van der Waals surface area contributed by atoms with Crippen molar-refractivity contribution in [3.8, 4) is 34.3 Å². The summed E-state index contributed by atoms with van der Waals surface area (Å²) in [5, 5.41) is 9.02. The highest BCUT2D eigenvalue weighted by Crippen LogP contribution is 2.33. The first-order valence-corrected chi connectivity index (χ1v) is 11.1. The molecule has 3 aromatic carbocycles. The van der Waals surface area contributed by atoms with Crippen molar-refractivity contribution in [3.05, 3.63) is 64.3 Å². The van der Waals surface area contributed by atoms with Gasteiger partial charge in [0.2, 0.25) is 4.80 Å². The Labute approximate surface area is 196 Å². The minimum Gasteiger partial charge on any atom is -0.497 e. The lowest BCUT2D eigenvalue weighted by atomic mass is 10.1. The zero-order valence-corrected chi connectivity index (χ0v) is 20.0. The molecule has 0 amide bonds. The number of hydrogen-bond donors (Lipinski definition) is 0. The van der Waals surface area contributed by atoms with E-state index in [1.165, 1.54) is 11.3 Å². The second-order valence-electron chi connectivity index (χ2n) is 7.06. The molecule has 0 saturated heterocycles. The minimum absolute atomic E-state index is 0.599. The van der Waals surface area contributed by atoms with Gasteiger partial charge >= 0.3 is 0 Å². The van der Waals surface area contributed by atoms with Crippen LogP contribution in [0.1, 0.15) is 5.56 Å². The third kappa shape index (κ3) is 4.42. The van der Waals surface area contributed by atoms with Crippen LogP contribution in [-0.2, 0) is 0 Å². The molecule has 0 unspecified atom stereocenters. The fraction of sp³-hybridized carbons (Fsp3) is 0.200. The van der Waals surface area contributed by atoms with Crippen molar-refractivity contribution in [2.45, 2.75) is 0 Å². The summed E-state index contributed by atoms with van der Waals surface area (Å²) in [6, 6.07) is 15.9. The van der Waals surface area contributed by atoms with Crippen LogP contribution in [0.2, 0.25) is 0 Å². The molecule has 0 aliphatic carbocycles. The summed E-state index contributed by atoms with van der Waals surface area (Å²) in [4.78, 5) is 5.16. The Morgan fingerprint density at radius 2 is 1.45 bits per heavy atom. The van der Waals surface area contributed by atoms with Crippen molar-refractivity contribution in [2.75, 3.05) is 35.5 Å². The van der Waals surface area contributed by atoms with E-state index in [1.807, 2.05) is 22.2 Å². The van der Waals surface area contributed by atoms with E-state index in [0.29, 0.717) is 22.8 Å². The van der Waals surface area contributed by atoms with Crippen LogP contribution in [0.3, 0.4) is 0 Å². The lowest BCUT2D eigenvalue weighted by molar-refractivity contribution is 0.374. The molecule has 4 aromatic rings. The molecule has 0 atom stereocenters. The van der Waals surface area contributed by atoms with E-state index in [2.05, 4.69) is 29.3 Å². The largest absolute Gasteiger partial charge is 0.497 e. The van der Waals surface area contributed by atoms with Crippen LogP contribution in [0.5, 0.6) is 23.0 Å². The number of hydrogen-bond acceptors (Lipinski definition) is 7. The van der Waals surface area contributed by atoms with Crippen molar-refractivity contribution in [3.63, 3.8) is 0 Å². The Hall–Kier alpha value is -3.78. The predicted octanol–water partition coefficient (Wildman–Crippen LogP) is 4.82. The zero-order valence-electron chi connectivity index (χ0n) is 19.2. The number of benzene rings is 3. The van der Waals surface area contributed by atoms with Gasteiger partial charge in [-0.1, -0.05) is 18.2 Å². The number of nitrogens with zero attached hydrogens (tertiary/aromatic N) is 3. The zero-order chi connectivity index (χ0) is 23.4. The molecule has 7 nitrogen and oxygen atoms in total. The molecule has 8 heteroatoms. The number of fused-ring (bicyclic) bond motifs is 1. The molecule has 1 aromatic heterocycles. The molecule has 0 saturated carbocycles. The Kier molecular flexibility index (Phi) is 6.65. The van der Waals surface area contributed by atoms with Crippen LogP contribution in [-0.4, -0.2) is 46.4 Å². The first kappa shape index (κ1) is 22.4. The molecule has 0 radical (unpaired) electrons. The van der Waals surface area contributed by atoms with Gasteiger partial charge in [-0.3, -0.25) is 4.99 Å². The number of methoxy groups -OCH3 is 4. The van der Waals surface area contributed by atoms with Gasteiger partial charge < -0.3 is 18.9 Å². The number of ether oxygens (including phenoxy) is 4. The second-order valence-corrected chi connectivity index (χ2v) is 7.89. The van der Waals surface area contributed by atoms with Crippen molar-refractivity contribution in [1.29, 1.82) is 0 Å².